The maximum Gasteiger partial charge on any atom is 0.371 e. The molecular formula is C9H9N3O3S. The van der Waals surface area contributed by atoms with E-state index >= 15 is 0 Å². The first kappa shape index (κ1) is 10.7. The van der Waals surface area contributed by atoms with Crippen molar-refractivity contribution in [3.05, 3.63) is 23.7 Å². The summed E-state index contributed by atoms with van der Waals surface area (Å²) in [7, 11) is 1.83. The molecule has 0 saturated heterocycles. The molecule has 0 atom stereocenters. The van der Waals surface area contributed by atoms with Crippen LogP contribution in [-0.2, 0) is 7.05 Å². The van der Waals surface area contributed by atoms with Gasteiger partial charge in [-0.1, -0.05) is 0 Å². The van der Waals surface area contributed by atoms with E-state index in [2.05, 4.69) is 10.2 Å². The molecule has 0 unspecified atom stereocenters. The molecule has 0 aliphatic rings. The average molecular weight is 239 g/mol. The van der Waals surface area contributed by atoms with Gasteiger partial charge < -0.3 is 14.1 Å². The number of carbonyl (C=O) groups is 1. The van der Waals surface area contributed by atoms with Crippen LogP contribution < -0.4 is 0 Å². The number of nitrogens with zero attached hydrogens (tertiary/aromatic N) is 3. The van der Waals surface area contributed by atoms with E-state index in [9.17, 15) is 4.79 Å². The quantitative estimate of drug-likeness (QED) is 0.875. The van der Waals surface area contributed by atoms with Crippen LogP contribution in [0.1, 0.15) is 16.4 Å². The molecule has 0 aromatic carbocycles. The Morgan fingerprint density at radius 1 is 1.50 bits per heavy atom. The standard InChI is InChI=1S/C9H9N3O3S/c1-5-10-11-9(12(5)2)16-7-4-3-6(15-7)8(13)14/h3-4H,1-2H3,(H,13,14). The van der Waals surface area contributed by atoms with Crippen molar-refractivity contribution < 1.29 is 14.3 Å². The van der Waals surface area contributed by atoms with Gasteiger partial charge in [-0.25, -0.2) is 4.79 Å². The summed E-state index contributed by atoms with van der Waals surface area (Å²) in [4.78, 5) is 10.6. The van der Waals surface area contributed by atoms with Crippen LogP contribution in [0.15, 0.2) is 26.8 Å². The lowest BCUT2D eigenvalue weighted by Crippen LogP contribution is -1.93. The number of carboxylic acid groups (broad SMARTS) is 1. The van der Waals surface area contributed by atoms with E-state index in [0.717, 1.165) is 5.82 Å². The van der Waals surface area contributed by atoms with Crippen LogP contribution in [0, 0.1) is 6.92 Å². The van der Waals surface area contributed by atoms with Crippen molar-refractivity contribution in [2.45, 2.75) is 17.2 Å². The highest BCUT2D eigenvalue weighted by Crippen LogP contribution is 2.27. The van der Waals surface area contributed by atoms with Crippen molar-refractivity contribution in [1.29, 1.82) is 0 Å². The third kappa shape index (κ3) is 1.94. The minimum absolute atomic E-state index is 0.0820. The van der Waals surface area contributed by atoms with Crippen molar-refractivity contribution >= 4 is 17.7 Å². The monoisotopic (exact) mass is 239 g/mol. The van der Waals surface area contributed by atoms with Crippen LogP contribution in [-0.4, -0.2) is 25.8 Å². The molecule has 0 saturated carbocycles. The van der Waals surface area contributed by atoms with Gasteiger partial charge in [0.2, 0.25) is 5.76 Å². The summed E-state index contributed by atoms with van der Waals surface area (Å²) in [5.41, 5.74) is 0. The van der Waals surface area contributed by atoms with E-state index in [-0.39, 0.29) is 5.76 Å². The van der Waals surface area contributed by atoms with Gasteiger partial charge in [0, 0.05) is 7.05 Å². The summed E-state index contributed by atoms with van der Waals surface area (Å²) in [5, 5.41) is 17.6. The first-order valence-corrected chi connectivity index (χ1v) is 5.26. The van der Waals surface area contributed by atoms with Gasteiger partial charge in [0.1, 0.15) is 5.82 Å². The molecule has 6 nitrogen and oxygen atoms in total. The summed E-state index contributed by atoms with van der Waals surface area (Å²) in [6.07, 6.45) is 0. The molecule has 0 aliphatic heterocycles. The molecule has 2 aromatic rings. The van der Waals surface area contributed by atoms with Gasteiger partial charge in [0.05, 0.1) is 0 Å². The van der Waals surface area contributed by atoms with E-state index in [4.69, 9.17) is 9.52 Å². The van der Waals surface area contributed by atoms with Gasteiger partial charge in [0.25, 0.3) is 0 Å². The number of aromatic nitrogens is 3. The molecule has 2 heterocycles. The molecule has 0 bridgehead atoms. The molecule has 7 heteroatoms. The van der Waals surface area contributed by atoms with Gasteiger partial charge >= 0.3 is 5.97 Å². The summed E-state index contributed by atoms with van der Waals surface area (Å²) >= 11 is 1.23. The predicted octanol–water partition coefficient (Wildman–Crippen LogP) is 1.57. The van der Waals surface area contributed by atoms with Gasteiger partial charge in [-0.05, 0) is 30.8 Å². The first-order chi connectivity index (χ1) is 7.58. The number of furan rings is 1. The van der Waals surface area contributed by atoms with Crippen LogP contribution in [0.5, 0.6) is 0 Å². The Labute approximate surface area is 95.3 Å². The van der Waals surface area contributed by atoms with Crippen LogP contribution in [0.4, 0.5) is 0 Å². The topological polar surface area (TPSA) is 81.2 Å². The fraction of sp³-hybridized carbons (Fsp3) is 0.222. The SMILES string of the molecule is Cc1nnc(Sc2ccc(C(=O)O)o2)n1C. The van der Waals surface area contributed by atoms with Crippen LogP contribution >= 0.6 is 11.8 Å². The lowest BCUT2D eigenvalue weighted by molar-refractivity contribution is 0.0656. The van der Waals surface area contributed by atoms with Crippen molar-refractivity contribution in [2.24, 2.45) is 7.05 Å². The summed E-state index contributed by atoms with van der Waals surface area (Å²) in [6.45, 7) is 1.84. The Hall–Kier alpha value is -1.76. The molecule has 0 fully saturated rings. The molecule has 0 radical (unpaired) electrons. The Kier molecular flexibility index (Phi) is 2.69. The molecular weight excluding hydrogens is 230 g/mol. The van der Waals surface area contributed by atoms with E-state index in [1.165, 1.54) is 17.8 Å². The third-order valence-electron chi connectivity index (χ3n) is 2.04. The summed E-state index contributed by atoms with van der Waals surface area (Å²) in [6, 6.07) is 3.01. The minimum atomic E-state index is -1.08. The number of hydrogen-bond acceptors (Lipinski definition) is 5. The molecule has 0 amide bonds. The van der Waals surface area contributed by atoms with Crippen molar-refractivity contribution in [2.75, 3.05) is 0 Å². The van der Waals surface area contributed by atoms with Gasteiger partial charge in [-0.3, -0.25) is 0 Å². The maximum atomic E-state index is 10.6. The molecule has 0 aliphatic carbocycles. The lowest BCUT2D eigenvalue weighted by Gasteiger charge is -1.97. The number of rotatable bonds is 3. The van der Waals surface area contributed by atoms with E-state index < -0.39 is 5.97 Å². The predicted molar refractivity (Wildman–Crippen MR) is 55.5 cm³/mol. The second-order valence-corrected chi connectivity index (χ2v) is 4.09. The van der Waals surface area contributed by atoms with Crippen molar-refractivity contribution in [1.82, 2.24) is 14.8 Å². The van der Waals surface area contributed by atoms with E-state index in [1.54, 1.807) is 10.6 Å². The zero-order valence-corrected chi connectivity index (χ0v) is 9.48. The fourth-order valence-corrected chi connectivity index (χ4v) is 1.85. The second-order valence-electron chi connectivity index (χ2n) is 3.11. The average Bonchev–Trinajstić information content (AvgIpc) is 2.81. The van der Waals surface area contributed by atoms with Gasteiger partial charge in [0.15, 0.2) is 10.2 Å². The highest BCUT2D eigenvalue weighted by molar-refractivity contribution is 7.99. The fourth-order valence-electron chi connectivity index (χ4n) is 1.06. The minimum Gasteiger partial charge on any atom is -0.475 e. The molecule has 2 rings (SSSR count). The van der Waals surface area contributed by atoms with Crippen LogP contribution in [0.25, 0.3) is 0 Å². The largest absolute Gasteiger partial charge is 0.475 e. The maximum absolute atomic E-state index is 10.6. The summed E-state index contributed by atoms with van der Waals surface area (Å²) in [5.74, 6) is -0.380. The van der Waals surface area contributed by atoms with Crippen LogP contribution in [0.3, 0.4) is 0 Å². The smallest absolute Gasteiger partial charge is 0.371 e. The molecule has 1 N–H and O–H groups in total. The van der Waals surface area contributed by atoms with E-state index in [1.807, 2.05) is 14.0 Å². The molecule has 2 aromatic heterocycles. The number of hydrogen-bond donors (Lipinski definition) is 1. The highest BCUT2D eigenvalue weighted by Gasteiger charge is 2.13. The van der Waals surface area contributed by atoms with E-state index in [0.29, 0.717) is 10.2 Å². The Morgan fingerprint density at radius 2 is 2.25 bits per heavy atom. The second kappa shape index (κ2) is 4.01. The first-order valence-electron chi connectivity index (χ1n) is 4.45. The normalized spacial score (nSPS) is 10.6. The number of aryl methyl sites for hydroxylation is 1. The lowest BCUT2D eigenvalue weighted by atomic mass is 10.5. The Balaban J connectivity index is 2.21. The van der Waals surface area contributed by atoms with Gasteiger partial charge in [-0.15, -0.1) is 10.2 Å². The molecule has 16 heavy (non-hydrogen) atoms. The van der Waals surface area contributed by atoms with Crippen molar-refractivity contribution in [3.8, 4) is 0 Å². The Morgan fingerprint density at radius 3 is 2.75 bits per heavy atom. The summed E-state index contributed by atoms with van der Waals surface area (Å²) < 4.78 is 6.89. The number of carboxylic acids is 1. The molecule has 84 valence electrons. The van der Waals surface area contributed by atoms with Crippen LogP contribution in [0.2, 0.25) is 0 Å². The third-order valence-corrected chi connectivity index (χ3v) is 3.00. The highest BCUT2D eigenvalue weighted by atomic mass is 32.2. The zero-order valence-electron chi connectivity index (χ0n) is 8.67. The molecule has 0 spiro atoms. The zero-order chi connectivity index (χ0) is 11.7. The Bertz CT molecular complexity index is 532. The number of aromatic carboxylic acids is 1. The van der Waals surface area contributed by atoms with Gasteiger partial charge in [-0.2, -0.15) is 0 Å². The van der Waals surface area contributed by atoms with Crippen molar-refractivity contribution in [3.63, 3.8) is 0 Å².